The van der Waals surface area contributed by atoms with E-state index in [0.717, 1.165) is 11.1 Å². The van der Waals surface area contributed by atoms with E-state index >= 15 is 0 Å². The van der Waals surface area contributed by atoms with E-state index in [1.54, 1.807) is 13.0 Å². The number of ether oxygens (including phenoxy) is 1. The van der Waals surface area contributed by atoms with Crippen molar-refractivity contribution in [2.24, 2.45) is 0 Å². The van der Waals surface area contributed by atoms with Crippen LogP contribution in [0.4, 0.5) is 0 Å². The van der Waals surface area contributed by atoms with E-state index in [1.807, 2.05) is 39.0 Å². The fraction of sp³-hybridized carbons (Fsp3) is 0.318. The lowest BCUT2D eigenvalue weighted by Gasteiger charge is -2.22. The van der Waals surface area contributed by atoms with Crippen molar-refractivity contribution < 1.29 is 9.53 Å². The van der Waals surface area contributed by atoms with Crippen molar-refractivity contribution in [1.29, 1.82) is 0 Å². The summed E-state index contributed by atoms with van der Waals surface area (Å²) in [5, 5.41) is 5.65. The van der Waals surface area contributed by atoms with Crippen molar-refractivity contribution in [3.8, 4) is 0 Å². The SMILES string of the molecule is CC(C)=C[C@H](OC(=O)C=C(C)N[C@@H](C)c1cccc2ccccc12)C(Cl)(Cl)Cl. The van der Waals surface area contributed by atoms with Crippen LogP contribution in [0, 0.1) is 0 Å². The number of carbonyl (C=O) groups is 1. The molecule has 0 saturated heterocycles. The summed E-state index contributed by atoms with van der Waals surface area (Å²) in [5.74, 6) is -0.580. The molecule has 0 aromatic heterocycles. The number of nitrogens with one attached hydrogen (secondary N) is 1. The van der Waals surface area contributed by atoms with Crippen LogP contribution in [-0.4, -0.2) is 15.9 Å². The summed E-state index contributed by atoms with van der Waals surface area (Å²) in [6.45, 7) is 7.52. The molecule has 0 spiro atoms. The zero-order valence-electron chi connectivity index (χ0n) is 16.3. The molecule has 0 aliphatic rings. The molecule has 150 valence electrons. The van der Waals surface area contributed by atoms with Crippen LogP contribution in [0.3, 0.4) is 0 Å². The molecule has 0 heterocycles. The first-order chi connectivity index (χ1) is 13.1. The maximum absolute atomic E-state index is 12.3. The quantitative estimate of drug-likeness (QED) is 0.237. The van der Waals surface area contributed by atoms with Crippen LogP contribution < -0.4 is 5.32 Å². The standard InChI is InChI=1S/C22H24Cl3NO2/c1-14(2)12-20(22(23,24)25)28-21(27)13-15(3)26-16(4)18-11-7-9-17-8-5-6-10-19(17)18/h5-13,16,20,26H,1-4H3/t16-,20-/m0/s1. The molecule has 0 unspecified atom stereocenters. The van der Waals surface area contributed by atoms with Crippen molar-refractivity contribution in [3.05, 3.63) is 71.5 Å². The fourth-order valence-corrected chi connectivity index (χ4v) is 3.25. The molecule has 28 heavy (non-hydrogen) atoms. The Bertz CT molecular complexity index is 891. The Hall–Kier alpha value is -1.68. The van der Waals surface area contributed by atoms with E-state index in [4.69, 9.17) is 39.5 Å². The summed E-state index contributed by atoms with van der Waals surface area (Å²) in [6, 6.07) is 14.3. The zero-order chi connectivity index (χ0) is 20.9. The average molecular weight is 441 g/mol. The van der Waals surface area contributed by atoms with Gasteiger partial charge in [-0.1, -0.05) is 82.8 Å². The minimum Gasteiger partial charge on any atom is -0.450 e. The normalized spacial score (nSPS) is 14.3. The minimum absolute atomic E-state index is 0.00287. The number of esters is 1. The highest BCUT2D eigenvalue weighted by Gasteiger charge is 2.34. The van der Waals surface area contributed by atoms with Gasteiger partial charge in [0.05, 0.1) is 0 Å². The lowest BCUT2D eigenvalue weighted by Crippen LogP contribution is -2.29. The summed E-state index contributed by atoms with van der Waals surface area (Å²) in [6.07, 6.45) is 2.01. The molecule has 0 radical (unpaired) electrons. The molecule has 3 nitrogen and oxygen atoms in total. The van der Waals surface area contributed by atoms with Crippen LogP contribution in [0.15, 0.2) is 65.9 Å². The Kier molecular flexibility index (Phi) is 7.82. The molecule has 0 aliphatic carbocycles. The van der Waals surface area contributed by atoms with Gasteiger partial charge in [0, 0.05) is 17.8 Å². The first-order valence-corrected chi connectivity index (χ1v) is 10.1. The van der Waals surface area contributed by atoms with Gasteiger partial charge in [-0.15, -0.1) is 0 Å². The largest absolute Gasteiger partial charge is 0.450 e. The van der Waals surface area contributed by atoms with E-state index in [1.165, 1.54) is 16.8 Å². The second kappa shape index (κ2) is 9.69. The molecule has 0 saturated carbocycles. The fourth-order valence-electron chi connectivity index (χ4n) is 2.92. The van der Waals surface area contributed by atoms with Crippen molar-refractivity contribution in [2.75, 3.05) is 0 Å². The van der Waals surface area contributed by atoms with E-state index in [9.17, 15) is 4.79 Å². The van der Waals surface area contributed by atoms with Crippen LogP contribution in [0.2, 0.25) is 0 Å². The summed E-state index contributed by atoms with van der Waals surface area (Å²) in [7, 11) is 0. The lowest BCUT2D eigenvalue weighted by molar-refractivity contribution is -0.140. The molecule has 1 N–H and O–H groups in total. The summed E-state index contributed by atoms with van der Waals surface area (Å²) in [5.41, 5.74) is 2.68. The van der Waals surface area contributed by atoms with E-state index in [2.05, 4.69) is 29.6 Å². The van der Waals surface area contributed by atoms with E-state index in [0.29, 0.717) is 5.70 Å². The Balaban J connectivity index is 2.12. The van der Waals surface area contributed by atoms with Crippen LogP contribution in [0.1, 0.15) is 39.3 Å². The number of halogens is 3. The predicted molar refractivity (Wildman–Crippen MR) is 119 cm³/mol. The van der Waals surface area contributed by atoms with Gasteiger partial charge >= 0.3 is 5.97 Å². The smallest absolute Gasteiger partial charge is 0.333 e. The molecule has 0 bridgehead atoms. The van der Waals surface area contributed by atoms with Gasteiger partial charge in [0.25, 0.3) is 0 Å². The van der Waals surface area contributed by atoms with Gasteiger partial charge in [-0.05, 0) is 50.1 Å². The number of alkyl halides is 3. The zero-order valence-corrected chi connectivity index (χ0v) is 18.6. The van der Waals surface area contributed by atoms with Crippen LogP contribution in [-0.2, 0) is 9.53 Å². The molecule has 0 aliphatic heterocycles. The van der Waals surface area contributed by atoms with Crippen molar-refractivity contribution >= 4 is 51.5 Å². The van der Waals surface area contributed by atoms with E-state index in [-0.39, 0.29) is 6.04 Å². The number of carbonyl (C=O) groups excluding carboxylic acids is 1. The molecular weight excluding hydrogens is 417 g/mol. The molecule has 2 aromatic carbocycles. The van der Waals surface area contributed by atoms with Crippen LogP contribution in [0.25, 0.3) is 10.8 Å². The van der Waals surface area contributed by atoms with Gasteiger partial charge in [-0.25, -0.2) is 4.79 Å². The monoisotopic (exact) mass is 439 g/mol. The third-order valence-corrected chi connectivity index (χ3v) is 4.76. The molecule has 0 amide bonds. The average Bonchev–Trinajstić information content (AvgIpc) is 2.59. The lowest BCUT2D eigenvalue weighted by atomic mass is 9.99. The van der Waals surface area contributed by atoms with Gasteiger partial charge in [0.2, 0.25) is 3.79 Å². The molecular formula is C22H24Cl3NO2. The highest BCUT2D eigenvalue weighted by Crippen LogP contribution is 2.34. The summed E-state index contributed by atoms with van der Waals surface area (Å²) >= 11 is 17.7. The molecule has 6 heteroatoms. The molecule has 2 rings (SSSR count). The number of benzene rings is 2. The summed E-state index contributed by atoms with van der Waals surface area (Å²) in [4.78, 5) is 12.3. The number of fused-ring (bicyclic) bond motifs is 1. The van der Waals surface area contributed by atoms with Crippen molar-refractivity contribution in [1.82, 2.24) is 5.32 Å². The second-order valence-corrected chi connectivity index (χ2v) is 9.27. The third-order valence-electron chi connectivity index (χ3n) is 4.12. The van der Waals surface area contributed by atoms with Gasteiger partial charge in [-0.3, -0.25) is 0 Å². The highest BCUT2D eigenvalue weighted by molar-refractivity contribution is 6.68. The maximum atomic E-state index is 12.3. The van der Waals surface area contributed by atoms with Gasteiger partial charge < -0.3 is 10.1 Å². The Labute approximate surface area is 181 Å². The highest BCUT2D eigenvalue weighted by atomic mass is 35.6. The van der Waals surface area contributed by atoms with Gasteiger partial charge in [0.15, 0.2) is 6.10 Å². The molecule has 2 atom stereocenters. The van der Waals surface area contributed by atoms with Gasteiger partial charge in [0.1, 0.15) is 0 Å². The first-order valence-electron chi connectivity index (χ1n) is 8.92. The number of allylic oxidation sites excluding steroid dienone is 2. The number of hydrogen-bond donors (Lipinski definition) is 1. The number of hydrogen-bond acceptors (Lipinski definition) is 3. The predicted octanol–water partition coefficient (Wildman–Crippen LogP) is 6.64. The Morgan fingerprint density at radius 1 is 1.07 bits per heavy atom. The molecule has 2 aromatic rings. The van der Waals surface area contributed by atoms with Crippen LogP contribution >= 0.6 is 34.8 Å². The third kappa shape index (κ3) is 6.44. The van der Waals surface area contributed by atoms with Gasteiger partial charge in [-0.2, -0.15) is 0 Å². The van der Waals surface area contributed by atoms with Crippen molar-refractivity contribution in [2.45, 2.75) is 43.6 Å². The topological polar surface area (TPSA) is 38.3 Å². The number of rotatable bonds is 6. The Morgan fingerprint density at radius 2 is 1.71 bits per heavy atom. The van der Waals surface area contributed by atoms with Crippen molar-refractivity contribution in [3.63, 3.8) is 0 Å². The first kappa shape index (κ1) is 22.6. The summed E-state index contributed by atoms with van der Waals surface area (Å²) < 4.78 is 3.59. The molecule has 0 fully saturated rings. The minimum atomic E-state index is -1.74. The Morgan fingerprint density at radius 3 is 2.36 bits per heavy atom. The maximum Gasteiger partial charge on any atom is 0.333 e. The van der Waals surface area contributed by atoms with Crippen LogP contribution in [0.5, 0.6) is 0 Å². The second-order valence-electron chi connectivity index (χ2n) is 6.90. The van der Waals surface area contributed by atoms with E-state index < -0.39 is 15.9 Å².